The molecule has 0 fully saturated rings. The minimum absolute atomic E-state index is 0.853. The average Bonchev–Trinajstić information content (AvgIpc) is 1.37. The molecule has 0 aliphatic rings. The van der Waals surface area contributed by atoms with E-state index in [9.17, 15) is 2.81 Å². The fraction of sp³-hybridized carbons (Fsp3) is 0. The number of hydrogen-bond donors (Lipinski definition) is 0. The van der Waals surface area contributed by atoms with Crippen molar-refractivity contribution < 1.29 is 29.7 Å². The molecule has 4 heavy (non-hydrogen) atoms. The van der Waals surface area contributed by atoms with Crippen LogP contribution < -0.4 is 0 Å². The van der Waals surface area contributed by atoms with Gasteiger partial charge >= 0.3 is 36.2 Å². The zero-order valence-electron chi connectivity index (χ0n) is 1.89. The van der Waals surface area contributed by atoms with Crippen LogP contribution in [0.25, 0.3) is 0 Å². The molecule has 0 spiro atoms. The molecule has 0 bridgehead atoms. The first kappa shape index (κ1) is 4.70. The molecule has 0 amide bonds. The van der Waals surface area contributed by atoms with Crippen LogP contribution in [-0.4, -0.2) is 6.53 Å². The molecular formula is HO2SiZr. The van der Waals surface area contributed by atoms with E-state index in [0.717, 1.165) is 0 Å². The Labute approximate surface area is 36.4 Å². The quantitative estimate of drug-likeness (QED) is 0.457. The topological polar surface area (TPSA) is 34.1 Å². The minimum atomic E-state index is -1.50. The van der Waals surface area contributed by atoms with Gasteiger partial charge in [0.2, 0.25) is 0 Å². The van der Waals surface area contributed by atoms with E-state index in [1.807, 2.05) is 0 Å². The molecule has 0 saturated carbocycles. The van der Waals surface area contributed by atoms with E-state index in [0.29, 0.717) is 0 Å². The predicted octanol–water partition coefficient (Wildman–Crippen LogP) is -0.889. The summed E-state index contributed by atoms with van der Waals surface area (Å²) in [6, 6.07) is 0. The summed E-state index contributed by atoms with van der Waals surface area (Å²) >= 11 is -1.50. The van der Waals surface area contributed by atoms with E-state index in [2.05, 4.69) is 0 Å². The Kier molecular flexibility index (Phi) is 4.35. The molecule has 0 aliphatic carbocycles. The summed E-state index contributed by atoms with van der Waals surface area (Å²) in [5, 5.41) is 0. The molecule has 0 saturated heterocycles. The molecule has 0 rings (SSSR count). The van der Waals surface area contributed by atoms with Crippen molar-refractivity contribution in [3.63, 3.8) is 0 Å². The van der Waals surface area contributed by atoms with E-state index < -0.39 is 28.9 Å². The monoisotopic (exact) mass is 151 g/mol. The van der Waals surface area contributed by atoms with Gasteiger partial charge in [0.1, 0.15) is 0 Å². The zero-order valence-corrected chi connectivity index (χ0v) is 5.51. The van der Waals surface area contributed by atoms with E-state index in [4.69, 9.17) is 4.46 Å². The van der Waals surface area contributed by atoms with Crippen LogP contribution in [0.4, 0.5) is 0 Å². The van der Waals surface area contributed by atoms with Gasteiger partial charge in [0.25, 0.3) is 0 Å². The van der Waals surface area contributed by atoms with Crippen LogP contribution >= 0.6 is 0 Å². The predicted molar refractivity (Wildman–Crippen MR) is 8.52 cm³/mol. The maximum absolute atomic E-state index is 9.19. The molecule has 0 unspecified atom stereocenters. The first-order valence-corrected chi connectivity index (χ1v) is 7.04. The second-order valence-electron chi connectivity index (χ2n) is 0.236. The van der Waals surface area contributed by atoms with Crippen molar-refractivity contribution in [3.8, 4) is 0 Å². The normalized spacial score (nSPS) is 4.00. The Morgan fingerprint density at radius 2 is 2.00 bits per heavy atom. The van der Waals surface area contributed by atoms with Crippen LogP contribution in [-0.2, 0) is 29.7 Å². The average molecular weight is 152 g/mol. The summed E-state index contributed by atoms with van der Waals surface area (Å²) in [5.74, 6) is 0. The van der Waals surface area contributed by atoms with Gasteiger partial charge in [-0.3, -0.25) is 0 Å². The Hall–Kier alpha value is 0.700. The van der Waals surface area contributed by atoms with Crippen LogP contribution in [0.3, 0.4) is 0 Å². The van der Waals surface area contributed by atoms with E-state index >= 15 is 0 Å². The third kappa shape index (κ3) is 2.70. The molecule has 0 atom stereocenters. The Balaban J connectivity index is 2.73. The molecule has 0 heterocycles. The summed E-state index contributed by atoms with van der Waals surface area (Å²) in [7, 11) is 0. The van der Waals surface area contributed by atoms with Gasteiger partial charge in [-0.15, -0.1) is 0 Å². The molecule has 21 valence electrons. The summed E-state index contributed by atoms with van der Waals surface area (Å²) in [4.78, 5) is 0. The SMILES string of the molecule is O=[SiH][Zr]=[O]. The van der Waals surface area contributed by atoms with Crippen molar-refractivity contribution >= 4 is 6.53 Å². The molecule has 4 heteroatoms. The Bertz CT molecular complexity index is 27.0. The molecule has 2 nitrogen and oxygen atoms in total. The van der Waals surface area contributed by atoms with Gasteiger partial charge in [0.15, 0.2) is 0 Å². The van der Waals surface area contributed by atoms with E-state index in [1.54, 1.807) is 0 Å². The zero-order chi connectivity index (χ0) is 3.41. The fourth-order valence-electron chi connectivity index (χ4n) is 0. The fourth-order valence-corrected chi connectivity index (χ4v) is 0. The van der Waals surface area contributed by atoms with Gasteiger partial charge in [0.05, 0.1) is 0 Å². The second-order valence-corrected chi connectivity index (χ2v) is 4.18. The van der Waals surface area contributed by atoms with Crippen molar-refractivity contribution in [2.75, 3.05) is 0 Å². The molecule has 0 N–H and O–H groups in total. The third-order valence-corrected chi connectivity index (χ3v) is 0.854. The van der Waals surface area contributed by atoms with E-state index in [1.165, 1.54) is 0 Å². The Morgan fingerprint density at radius 3 is 2.00 bits per heavy atom. The first-order valence-electron chi connectivity index (χ1n) is 0.729. The molecule has 0 radical (unpaired) electrons. The van der Waals surface area contributed by atoms with Crippen molar-refractivity contribution in [3.05, 3.63) is 0 Å². The van der Waals surface area contributed by atoms with Crippen LogP contribution in [0.15, 0.2) is 0 Å². The van der Waals surface area contributed by atoms with Gasteiger partial charge in [-0.2, -0.15) is 0 Å². The molecular weight excluding hydrogens is 151 g/mol. The van der Waals surface area contributed by atoms with Crippen LogP contribution in [0.5, 0.6) is 0 Å². The second kappa shape index (κ2) is 3.70. The van der Waals surface area contributed by atoms with Gasteiger partial charge in [0, 0.05) is 0 Å². The summed E-state index contributed by atoms with van der Waals surface area (Å²) in [5.41, 5.74) is 0. The van der Waals surface area contributed by atoms with Crippen LogP contribution in [0, 0.1) is 0 Å². The van der Waals surface area contributed by atoms with Crippen LogP contribution in [0.2, 0.25) is 0 Å². The van der Waals surface area contributed by atoms with Crippen molar-refractivity contribution in [1.82, 2.24) is 0 Å². The molecule has 0 aromatic carbocycles. The van der Waals surface area contributed by atoms with E-state index in [-0.39, 0.29) is 0 Å². The molecule has 0 aromatic rings. The number of rotatable bonds is 1. The van der Waals surface area contributed by atoms with Crippen LogP contribution in [0.1, 0.15) is 0 Å². The first-order chi connectivity index (χ1) is 1.91. The van der Waals surface area contributed by atoms with Gasteiger partial charge in [-0.05, 0) is 0 Å². The maximum atomic E-state index is 9.19. The summed E-state index contributed by atoms with van der Waals surface area (Å²) in [6.45, 7) is -0.853. The van der Waals surface area contributed by atoms with Crippen molar-refractivity contribution in [1.29, 1.82) is 0 Å². The van der Waals surface area contributed by atoms with Gasteiger partial charge in [-0.25, -0.2) is 0 Å². The van der Waals surface area contributed by atoms with Crippen molar-refractivity contribution in [2.24, 2.45) is 0 Å². The van der Waals surface area contributed by atoms with Gasteiger partial charge in [-0.1, -0.05) is 0 Å². The summed E-state index contributed by atoms with van der Waals surface area (Å²) < 4.78 is 18.3. The molecule has 0 aliphatic heterocycles. The van der Waals surface area contributed by atoms with Crippen molar-refractivity contribution in [2.45, 2.75) is 0 Å². The summed E-state index contributed by atoms with van der Waals surface area (Å²) in [6.07, 6.45) is 0. The van der Waals surface area contributed by atoms with Gasteiger partial charge < -0.3 is 0 Å². The standard InChI is InChI=1S/HOSi.O.Zr/c1-2;;/h2H;;. The Morgan fingerprint density at radius 1 is 1.75 bits per heavy atom. The number of hydrogen-bond acceptors (Lipinski definition) is 2. The molecule has 0 aromatic heterocycles. The third-order valence-electron chi connectivity index (χ3n) is 0.0481.